The third kappa shape index (κ3) is 8.46. The molecule has 0 aliphatic carbocycles. The van der Waals surface area contributed by atoms with Crippen molar-refractivity contribution in [2.75, 3.05) is 4.31 Å². The second kappa shape index (κ2) is 13.4. The van der Waals surface area contributed by atoms with Gasteiger partial charge in [0.05, 0.1) is 32.7 Å². The van der Waals surface area contributed by atoms with E-state index in [9.17, 15) is 21.6 Å². The molecule has 9 heteroatoms. The summed E-state index contributed by atoms with van der Waals surface area (Å²) in [5.74, 6) is -0.0271. The molecule has 1 atom stereocenters. The molecule has 0 spiro atoms. The highest BCUT2D eigenvalue weighted by Crippen LogP contribution is 2.32. The van der Waals surface area contributed by atoms with Crippen LogP contribution in [0.4, 0.5) is 18.9 Å². The van der Waals surface area contributed by atoms with Gasteiger partial charge in [-0.05, 0) is 76.4 Å². The quantitative estimate of drug-likeness (QED) is 0.179. The first-order chi connectivity index (χ1) is 20.5. The largest absolute Gasteiger partial charge is 0.416 e. The lowest BCUT2D eigenvalue weighted by Gasteiger charge is -2.26. The maximum Gasteiger partial charge on any atom is 0.416 e. The van der Waals surface area contributed by atoms with Gasteiger partial charge in [0.25, 0.3) is 10.0 Å². The number of halogens is 5. The Balaban J connectivity index is 1.59. The highest BCUT2D eigenvalue weighted by Gasteiger charge is 2.30. The van der Waals surface area contributed by atoms with E-state index in [1.165, 1.54) is 34.6 Å². The van der Waals surface area contributed by atoms with Crippen molar-refractivity contribution < 1.29 is 21.6 Å². The van der Waals surface area contributed by atoms with Crippen LogP contribution in [0.25, 0.3) is 6.08 Å². The van der Waals surface area contributed by atoms with Crippen LogP contribution in [0, 0.1) is 5.92 Å². The number of alkyl halides is 3. The Hall–Kier alpha value is -3.26. The highest BCUT2D eigenvalue weighted by atomic mass is 35.5. The molecule has 44 heavy (non-hydrogen) atoms. The summed E-state index contributed by atoms with van der Waals surface area (Å²) in [7, 11) is -4.03. The van der Waals surface area contributed by atoms with E-state index in [0.717, 1.165) is 22.8 Å². The van der Waals surface area contributed by atoms with Crippen LogP contribution in [0.5, 0.6) is 0 Å². The van der Waals surface area contributed by atoms with E-state index in [1.54, 1.807) is 18.2 Å². The number of benzene rings is 4. The maximum atomic E-state index is 13.9. The van der Waals surface area contributed by atoms with Crippen LogP contribution in [0.1, 0.15) is 55.5 Å². The summed E-state index contributed by atoms with van der Waals surface area (Å²) in [5, 5.41) is 0.398. The van der Waals surface area contributed by atoms with E-state index in [-0.39, 0.29) is 32.8 Å². The summed E-state index contributed by atoms with van der Waals surface area (Å²) in [6, 6.07) is 24.6. The van der Waals surface area contributed by atoms with E-state index in [4.69, 9.17) is 23.2 Å². The Morgan fingerprint density at radius 1 is 0.795 bits per heavy atom. The van der Waals surface area contributed by atoms with Gasteiger partial charge in [0.1, 0.15) is 0 Å². The lowest BCUT2D eigenvalue weighted by atomic mass is 9.87. The molecule has 4 aromatic rings. The predicted octanol–water partition coefficient (Wildman–Crippen LogP) is 10.6. The van der Waals surface area contributed by atoms with Gasteiger partial charge in [-0.1, -0.05) is 118 Å². The van der Waals surface area contributed by atoms with Crippen molar-refractivity contribution in [1.82, 2.24) is 0 Å². The summed E-state index contributed by atoms with van der Waals surface area (Å²) in [6.45, 7) is 8.37. The van der Waals surface area contributed by atoms with Gasteiger partial charge < -0.3 is 0 Å². The van der Waals surface area contributed by atoms with Crippen LogP contribution < -0.4 is 4.31 Å². The maximum absolute atomic E-state index is 13.9. The monoisotopic (exact) mass is 659 g/mol. The first-order valence-electron chi connectivity index (χ1n) is 14.1. The molecule has 0 radical (unpaired) electrons. The smallest absolute Gasteiger partial charge is 0.262 e. The van der Waals surface area contributed by atoms with Crippen molar-refractivity contribution in [3.63, 3.8) is 0 Å². The van der Waals surface area contributed by atoms with Crippen LogP contribution in [0.15, 0.2) is 102 Å². The molecular weight excluding hydrogens is 626 g/mol. The van der Waals surface area contributed by atoms with Gasteiger partial charge >= 0.3 is 6.18 Å². The average Bonchev–Trinajstić information content (AvgIpc) is 2.96. The molecule has 4 aromatic carbocycles. The Morgan fingerprint density at radius 3 is 2.05 bits per heavy atom. The molecule has 0 aromatic heterocycles. The van der Waals surface area contributed by atoms with E-state index >= 15 is 0 Å². The molecule has 0 aliphatic rings. The Kier molecular flexibility index (Phi) is 10.2. The first kappa shape index (κ1) is 33.6. The zero-order valence-electron chi connectivity index (χ0n) is 24.9. The number of sulfonamides is 1. The summed E-state index contributed by atoms with van der Waals surface area (Å²) in [4.78, 5) is 0.0191. The number of allylic oxidation sites excluding steroid dienone is 1. The number of anilines is 1. The molecule has 0 amide bonds. The first-order valence-corrected chi connectivity index (χ1v) is 16.3. The molecule has 3 nitrogen and oxygen atoms in total. The second-order valence-corrected chi connectivity index (χ2v) is 14.5. The lowest BCUT2D eigenvalue weighted by Crippen LogP contribution is -2.30. The zero-order chi connectivity index (χ0) is 32.3. The van der Waals surface area contributed by atoms with Gasteiger partial charge in [-0.15, -0.1) is 0 Å². The standard InChI is InChI=1S/C35H34Cl2F3NO2S/c1-24(20-27-6-5-7-29(21-27)35(38,39)40)8-9-25-12-16-30(17-13-25)41(23-26-10-14-28(15-11-26)34(2,3)4)44(42,43)31-18-19-32(36)33(37)22-31/h5-19,21-22,24H,20,23H2,1-4H3/b9-8+. The van der Waals surface area contributed by atoms with Crippen molar-refractivity contribution >= 4 is 45.0 Å². The zero-order valence-corrected chi connectivity index (χ0v) is 27.2. The predicted molar refractivity (Wildman–Crippen MR) is 175 cm³/mol. The van der Waals surface area contributed by atoms with E-state index in [0.29, 0.717) is 17.7 Å². The van der Waals surface area contributed by atoms with Gasteiger partial charge in [-0.3, -0.25) is 4.31 Å². The van der Waals surface area contributed by atoms with Gasteiger partial charge in [0.2, 0.25) is 0 Å². The summed E-state index contributed by atoms with van der Waals surface area (Å²) in [6.07, 6.45) is -0.128. The third-order valence-electron chi connectivity index (χ3n) is 7.24. The van der Waals surface area contributed by atoms with E-state index in [1.807, 2.05) is 55.5 Å². The van der Waals surface area contributed by atoms with Crippen molar-refractivity contribution in [1.29, 1.82) is 0 Å². The van der Waals surface area contributed by atoms with Crippen molar-refractivity contribution in [3.05, 3.63) is 135 Å². The summed E-state index contributed by atoms with van der Waals surface area (Å²) >= 11 is 12.2. The minimum Gasteiger partial charge on any atom is -0.262 e. The lowest BCUT2D eigenvalue weighted by molar-refractivity contribution is -0.137. The van der Waals surface area contributed by atoms with Crippen LogP contribution >= 0.6 is 23.2 Å². The molecule has 0 bridgehead atoms. The minimum atomic E-state index is -4.38. The molecule has 0 fully saturated rings. The van der Waals surface area contributed by atoms with Gasteiger partial charge in [0, 0.05) is 0 Å². The summed E-state index contributed by atoms with van der Waals surface area (Å²) < 4.78 is 68.4. The molecule has 1 unspecified atom stereocenters. The molecule has 0 aliphatic heterocycles. The van der Waals surface area contributed by atoms with Crippen LogP contribution in [0.3, 0.4) is 0 Å². The van der Waals surface area contributed by atoms with Crippen LogP contribution in [-0.4, -0.2) is 8.42 Å². The van der Waals surface area contributed by atoms with Crippen molar-refractivity contribution in [2.45, 2.75) is 57.1 Å². The fourth-order valence-corrected chi connectivity index (χ4v) is 6.54. The fourth-order valence-electron chi connectivity index (χ4n) is 4.70. The Bertz CT molecular complexity index is 1730. The number of rotatable bonds is 9. The second-order valence-electron chi connectivity index (χ2n) is 11.9. The number of nitrogens with zero attached hydrogens (tertiary/aromatic N) is 1. The van der Waals surface area contributed by atoms with Crippen LogP contribution in [0.2, 0.25) is 10.0 Å². The van der Waals surface area contributed by atoms with Gasteiger partial charge in [-0.25, -0.2) is 8.42 Å². The van der Waals surface area contributed by atoms with E-state index < -0.39 is 21.8 Å². The Morgan fingerprint density at radius 2 is 1.45 bits per heavy atom. The number of hydrogen-bond donors (Lipinski definition) is 0. The number of hydrogen-bond acceptors (Lipinski definition) is 2. The Labute approximate surface area is 268 Å². The molecule has 0 saturated carbocycles. The van der Waals surface area contributed by atoms with Crippen molar-refractivity contribution in [3.8, 4) is 0 Å². The molecule has 0 saturated heterocycles. The van der Waals surface area contributed by atoms with E-state index in [2.05, 4.69) is 20.8 Å². The molecule has 4 rings (SSSR count). The van der Waals surface area contributed by atoms with Gasteiger partial charge in [0.15, 0.2) is 0 Å². The molecule has 0 N–H and O–H groups in total. The minimum absolute atomic E-state index is 0.0191. The fraction of sp³-hybridized carbons (Fsp3) is 0.257. The van der Waals surface area contributed by atoms with Crippen LogP contribution in [-0.2, 0) is 34.6 Å². The molecular formula is C35H34Cl2F3NO2S. The molecule has 0 heterocycles. The highest BCUT2D eigenvalue weighted by molar-refractivity contribution is 7.92. The molecule has 232 valence electrons. The third-order valence-corrected chi connectivity index (χ3v) is 9.74. The average molecular weight is 661 g/mol. The summed E-state index contributed by atoms with van der Waals surface area (Å²) in [5.41, 5.74) is 3.14. The normalized spacial score (nSPS) is 13.3. The van der Waals surface area contributed by atoms with Gasteiger partial charge in [-0.2, -0.15) is 13.2 Å². The topological polar surface area (TPSA) is 37.4 Å². The van der Waals surface area contributed by atoms with Crippen molar-refractivity contribution in [2.24, 2.45) is 5.92 Å². The SMILES string of the molecule is CC(/C=C/c1ccc(N(Cc2ccc(C(C)(C)C)cc2)S(=O)(=O)c2ccc(Cl)c(Cl)c2)cc1)Cc1cccc(C(F)(F)F)c1.